The van der Waals surface area contributed by atoms with Crippen LogP contribution in [-0.2, 0) is 9.53 Å². The predicted molar refractivity (Wildman–Crippen MR) is 83.9 cm³/mol. The van der Waals surface area contributed by atoms with Gasteiger partial charge in [-0.15, -0.1) is 12.4 Å². The van der Waals surface area contributed by atoms with Crippen LogP contribution in [0.15, 0.2) is 30.3 Å². The van der Waals surface area contributed by atoms with Crippen LogP contribution in [0.3, 0.4) is 0 Å². The number of carbonyl (C=O) groups excluding carboxylic acids is 1. The molecule has 20 heavy (non-hydrogen) atoms. The molecule has 4 nitrogen and oxygen atoms in total. The number of ether oxygens (including phenoxy) is 1. The molecule has 0 aliphatic rings. The number of hydrogen-bond donors (Lipinski definition) is 2. The Balaban J connectivity index is 0.00000361. The Bertz CT molecular complexity index is 396. The van der Waals surface area contributed by atoms with Gasteiger partial charge < -0.3 is 15.8 Å². The van der Waals surface area contributed by atoms with Crippen molar-refractivity contribution in [2.45, 2.75) is 26.3 Å². The van der Waals surface area contributed by atoms with Gasteiger partial charge in [0, 0.05) is 13.5 Å². The van der Waals surface area contributed by atoms with Gasteiger partial charge in [0.05, 0.1) is 12.6 Å². The molecule has 0 fully saturated rings. The standard InChI is InChI=1S/C15H24N2O2.ClH/c1-15(2,11-16)9-14(18)17-13(10-19-3)12-7-5-4-6-8-12;/h4-8,13H,9-11,16H2,1-3H3,(H,17,18);1H/t13-;/m1./s1. The Morgan fingerprint density at radius 2 is 1.95 bits per heavy atom. The number of rotatable bonds is 7. The van der Waals surface area contributed by atoms with Gasteiger partial charge in [-0.25, -0.2) is 0 Å². The van der Waals surface area contributed by atoms with Crippen molar-refractivity contribution in [2.75, 3.05) is 20.3 Å². The minimum atomic E-state index is -0.182. The number of halogens is 1. The van der Waals surface area contributed by atoms with Crippen LogP contribution >= 0.6 is 12.4 Å². The zero-order valence-corrected chi connectivity index (χ0v) is 13.2. The molecule has 0 radical (unpaired) electrons. The fourth-order valence-corrected chi connectivity index (χ4v) is 1.83. The largest absolute Gasteiger partial charge is 0.382 e. The van der Waals surface area contributed by atoms with Crippen molar-refractivity contribution >= 4 is 18.3 Å². The molecule has 0 saturated carbocycles. The van der Waals surface area contributed by atoms with Crippen LogP contribution in [0.25, 0.3) is 0 Å². The van der Waals surface area contributed by atoms with E-state index in [0.717, 1.165) is 5.56 Å². The topological polar surface area (TPSA) is 64.3 Å². The second kappa shape index (κ2) is 8.95. The molecule has 0 unspecified atom stereocenters. The van der Waals surface area contributed by atoms with E-state index in [9.17, 15) is 4.79 Å². The van der Waals surface area contributed by atoms with Crippen molar-refractivity contribution in [3.8, 4) is 0 Å². The highest BCUT2D eigenvalue weighted by atomic mass is 35.5. The van der Waals surface area contributed by atoms with Crippen molar-refractivity contribution in [2.24, 2.45) is 11.1 Å². The van der Waals surface area contributed by atoms with E-state index in [1.165, 1.54) is 0 Å². The molecule has 0 spiro atoms. The molecule has 0 heterocycles. The molecule has 114 valence electrons. The van der Waals surface area contributed by atoms with Crippen LogP contribution in [0.2, 0.25) is 0 Å². The molecule has 3 N–H and O–H groups in total. The predicted octanol–water partition coefficient (Wildman–Crippen LogP) is 2.29. The number of carbonyl (C=O) groups is 1. The monoisotopic (exact) mass is 300 g/mol. The van der Waals surface area contributed by atoms with Gasteiger partial charge in [-0.05, 0) is 17.5 Å². The second-order valence-electron chi connectivity index (χ2n) is 5.53. The van der Waals surface area contributed by atoms with E-state index < -0.39 is 0 Å². The maximum absolute atomic E-state index is 12.1. The second-order valence-corrected chi connectivity index (χ2v) is 5.53. The van der Waals surface area contributed by atoms with E-state index in [4.69, 9.17) is 10.5 Å². The average molecular weight is 301 g/mol. The summed E-state index contributed by atoms with van der Waals surface area (Å²) in [6.07, 6.45) is 0.413. The van der Waals surface area contributed by atoms with E-state index in [0.29, 0.717) is 19.6 Å². The molecule has 1 aromatic carbocycles. The highest BCUT2D eigenvalue weighted by Crippen LogP contribution is 2.19. The molecule has 1 rings (SSSR count). The fourth-order valence-electron chi connectivity index (χ4n) is 1.83. The third kappa shape index (κ3) is 6.37. The minimum absolute atomic E-state index is 0. The van der Waals surface area contributed by atoms with Crippen LogP contribution in [0.1, 0.15) is 31.9 Å². The van der Waals surface area contributed by atoms with Gasteiger partial charge in [-0.3, -0.25) is 4.79 Å². The van der Waals surface area contributed by atoms with Gasteiger partial charge in [0.15, 0.2) is 0 Å². The molecule has 5 heteroatoms. The summed E-state index contributed by atoms with van der Waals surface area (Å²) < 4.78 is 5.18. The van der Waals surface area contributed by atoms with Crippen LogP contribution in [0.4, 0.5) is 0 Å². The first-order valence-electron chi connectivity index (χ1n) is 6.52. The molecule has 0 saturated heterocycles. The van der Waals surface area contributed by atoms with E-state index in [2.05, 4.69) is 5.32 Å². The zero-order chi connectivity index (χ0) is 14.3. The summed E-state index contributed by atoms with van der Waals surface area (Å²) in [6, 6.07) is 9.71. The van der Waals surface area contributed by atoms with Gasteiger partial charge in [-0.2, -0.15) is 0 Å². The molecule has 1 aromatic rings. The Morgan fingerprint density at radius 3 is 2.45 bits per heavy atom. The maximum atomic E-state index is 12.1. The summed E-state index contributed by atoms with van der Waals surface area (Å²) in [5, 5.41) is 3.01. The van der Waals surface area contributed by atoms with Crippen molar-refractivity contribution in [1.29, 1.82) is 0 Å². The van der Waals surface area contributed by atoms with Crippen LogP contribution in [0, 0.1) is 5.41 Å². The molecule has 0 aliphatic carbocycles. The van der Waals surface area contributed by atoms with E-state index in [-0.39, 0.29) is 29.8 Å². The molecule has 0 aliphatic heterocycles. The average Bonchev–Trinajstić information content (AvgIpc) is 2.38. The van der Waals surface area contributed by atoms with Crippen LogP contribution in [0.5, 0.6) is 0 Å². The highest BCUT2D eigenvalue weighted by Gasteiger charge is 2.22. The molecule has 1 amide bonds. The SMILES string of the molecule is COC[C@@H](NC(=O)CC(C)(C)CN)c1ccccc1.Cl. The first-order valence-corrected chi connectivity index (χ1v) is 6.52. The van der Waals surface area contributed by atoms with Crippen LogP contribution < -0.4 is 11.1 Å². The Kier molecular flexibility index (Phi) is 8.46. The van der Waals surface area contributed by atoms with Gasteiger partial charge in [0.1, 0.15) is 0 Å². The molecular formula is C15H25ClN2O2. The van der Waals surface area contributed by atoms with E-state index >= 15 is 0 Å². The van der Waals surface area contributed by atoms with Gasteiger partial charge in [0.25, 0.3) is 0 Å². The van der Waals surface area contributed by atoms with E-state index in [1.54, 1.807) is 7.11 Å². The molecule has 0 bridgehead atoms. The minimum Gasteiger partial charge on any atom is -0.382 e. The van der Waals surface area contributed by atoms with Crippen molar-refractivity contribution in [1.82, 2.24) is 5.32 Å². The Hall–Kier alpha value is -1.10. The molecule has 0 aromatic heterocycles. The lowest BCUT2D eigenvalue weighted by atomic mass is 9.89. The summed E-state index contributed by atoms with van der Waals surface area (Å²) in [5.41, 5.74) is 6.51. The summed E-state index contributed by atoms with van der Waals surface area (Å²) >= 11 is 0. The number of nitrogens with one attached hydrogen (secondary N) is 1. The summed E-state index contributed by atoms with van der Waals surface area (Å²) in [6.45, 7) is 4.92. The normalized spacial score (nSPS) is 12.4. The number of benzene rings is 1. The number of amides is 1. The maximum Gasteiger partial charge on any atom is 0.221 e. The van der Waals surface area contributed by atoms with Gasteiger partial charge in [-0.1, -0.05) is 44.2 Å². The summed E-state index contributed by atoms with van der Waals surface area (Å²) in [7, 11) is 1.63. The molecular weight excluding hydrogens is 276 g/mol. The van der Waals surface area contributed by atoms with Crippen molar-refractivity contribution < 1.29 is 9.53 Å². The smallest absolute Gasteiger partial charge is 0.221 e. The van der Waals surface area contributed by atoms with Crippen molar-refractivity contribution in [3.05, 3.63) is 35.9 Å². The Morgan fingerprint density at radius 1 is 1.35 bits per heavy atom. The lowest BCUT2D eigenvalue weighted by Crippen LogP contribution is -2.36. The molecule has 1 atom stereocenters. The summed E-state index contributed by atoms with van der Waals surface area (Å²) in [5.74, 6) is 0.00125. The number of methoxy groups -OCH3 is 1. The fraction of sp³-hybridized carbons (Fsp3) is 0.533. The first kappa shape index (κ1) is 18.9. The lowest BCUT2D eigenvalue weighted by molar-refractivity contribution is -0.124. The number of nitrogens with two attached hydrogens (primary N) is 1. The number of hydrogen-bond acceptors (Lipinski definition) is 3. The quantitative estimate of drug-likeness (QED) is 0.812. The zero-order valence-electron chi connectivity index (χ0n) is 12.4. The van der Waals surface area contributed by atoms with Gasteiger partial charge in [0.2, 0.25) is 5.91 Å². The van der Waals surface area contributed by atoms with Gasteiger partial charge >= 0.3 is 0 Å². The van der Waals surface area contributed by atoms with E-state index in [1.807, 2.05) is 44.2 Å². The Labute approximate surface area is 127 Å². The summed E-state index contributed by atoms with van der Waals surface area (Å²) in [4.78, 5) is 12.1. The van der Waals surface area contributed by atoms with Crippen molar-refractivity contribution in [3.63, 3.8) is 0 Å². The third-order valence-corrected chi connectivity index (χ3v) is 3.06. The highest BCUT2D eigenvalue weighted by molar-refractivity contribution is 5.85. The van der Waals surface area contributed by atoms with Crippen LogP contribution in [-0.4, -0.2) is 26.2 Å². The lowest BCUT2D eigenvalue weighted by Gasteiger charge is -2.24. The first-order chi connectivity index (χ1) is 8.98. The third-order valence-electron chi connectivity index (χ3n) is 3.06.